The van der Waals surface area contributed by atoms with Crippen molar-refractivity contribution in [3.63, 3.8) is 0 Å². The third kappa shape index (κ3) is 74.3. The van der Waals surface area contributed by atoms with Crippen molar-refractivity contribution in [2.24, 2.45) is 5.92 Å². The summed E-state index contributed by atoms with van der Waals surface area (Å²) >= 11 is 0. The molecule has 0 aromatic carbocycles. The van der Waals surface area contributed by atoms with Crippen molar-refractivity contribution in [1.82, 2.24) is 0 Å². The summed E-state index contributed by atoms with van der Waals surface area (Å²) in [6, 6.07) is 0. The molecule has 2 unspecified atom stereocenters. The van der Waals surface area contributed by atoms with Crippen LogP contribution in [0.2, 0.25) is 0 Å². The number of aliphatic hydroxyl groups excluding tert-OH is 1. The van der Waals surface area contributed by atoms with E-state index >= 15 is 0 Å². The molecule has 594 valence electrons. The first-order valence-electron chi connectivity index (χ1n) is 42.1. The minimum absolute atomic E-state index is 0.107. The molecule has 17 nitrogen and oxygen atoms in total. The van der Waals surface area contributed by atoms with E-state index in [1.165, 1.54) is 250 Å². The predicted octanol–water partition coefficient (Wildman–Crippen LogP) is 24.4. The Morgan fingerprint density at radius 2 is 0.460 bits per heavy atom. The Hall–Kier alpha value is -1.94. The number of hydrogen-bond donors (Lipinski definition) is 3. The molecule has 19 heteroatoms. The first-order chi connectivity index (χ1) is 48.5. The van der Waals surface area contributed by atoms with Gasteiger partial charge in [0.05, 0.1) is 26.4 Å². The Morgan fingerprint density at radius 1 is 0.270 bits per heavy atom. The van der Waals surface area contributed by atoms with Crippen LogP contribution in [0, 0.1) is 5.92 Å². The minimum atomic E-state index is -4.96. The molecule has 100 heavy (non-hydrogen) atoms. The van der Waals surface area contributed by atoms with Crippen molar-refractivity contribution in [1.29, 1.82) is 0 Å². The van der Waals surface area contributed by atoms with Gasteiger partial charge in [-0.1, -0.05) is 381 Å². The molecule has 0 aliphatic carbocycles. The van der Waals surface area contributed by atoms with Gasteiger partial charge in [-0.15, -0.1) is 0 Å². The van der Waals surface area contributed by atoms with Gasteiger partial charge in [-0.3, -0.25) is 37.3 Å². The third-order valence-corrected chi connectivity index (χ3v) is 20.9. The SMILES string of the molecule is CCCCCCCCCCCCCCCCCCCCCCCC(=O)O[C@H](COC(=O)CCCCCCCCCCCCCCCCCCCC)COP(=O)(O)OC[C@@H](O)COP(=O)(O)OC[C@@H](COC(=O)CCCCCCC)OC(=O)CCCCCCCCCCCCCCCC(C)C. The van der Waals surface area contributed by atoms with Crippen LogP contribution in [0.15, 0.2) is 0 Å². The van der Waals surface area contributed by atoms with Crippen LogP contribution in [0.25, 0.3) is 0 Å². The molecule has 0 spiro atoms. The van der Waals surface area contributed by atoms with E-state index in [1.807, 2.05) is 0 Å². The molecule has 0 fully saturated rings. The maximum Gasteiger partial charge on any atom is 0.472 e. The van der Waals surface area contributed by atoms with Gasteiger partial charge in [0.25, 0.3) is 0 Å². The molecule has 0 aliphatic heterocycles. The van der Waals surface area contributed by atoms with E-state index in [0.717, 1.165) is 102 Å². The summed E-state index contributed by atoms with van der Waals surface area (Å²) in [5.74, 6) is -1.33. The van der Waals surface area contributed by atoms with Gasteiger partial charge < -0.3 is 33.8 Å². The summed E-state index contributed by atoms with van der Waals surface area (Å²) in [6.07, 6.45) is 65.8. The van der Waals surface area contributed by atoms with Crippen LogP contribution in [0.5, 0.6) is 0 Å². The van der Waals surface area contributed by atoms with Crippen molar-refractivity contribution in [2.45, 2.75) is 451 Å². The number of esters is 4. The first-order valence-corrected chi connectivity index (χ1v) is 45.1. The molecule has 0 saturated carbocycles. The smallest absolute Gasteiger partial charge is 0.462 e. The van der Waals surface area contributed by atoms with E-state index < -0.39 is 97.5 Å². The van der Waals surface area contributed by atoms with Gasteiger partial charge in [0.2, 0.25) is 0 Å². The van der Waals surface area contributed by atoms with Crippen molar-refractivity contribution in [3.8, 4) is 0 Å². The highest BCUT2D eigenvalue weighted by molar-refractivity contribution is 7.47. The molecule has 3 N–H and O–H groups in total. The largest absolute Gasteiger partial charge is 0.472 e. The molecular formula is C81H158O17P2. The summed E-state index contributed by atoms with van der Waals surface area (Å²) < 4.78 is 68.5. The maximum atomic E-state index is 13.1. The minimum Gasteiger partial charge on any atom is -0.462 e. The van der Waals surface area contributed by atoms with Gasteiger partial charge in [-0.05, 0) is 31.6 Å². The second-order valence-corrected chi connectivity index (χ2v) is 32.5. The molecule has 0 aromatic rings. The van der Waals surface area contributed by atoms with Gasteiger partial charge in [0.1, 0.15) is 19.3 Å². The lowest BCUT2D eigenvalue weighted by atomic mass is 10.0. The molecule has 0 aliphatic rings. The van der Waals surface area contributed by atoms with Gasteiger partial charge >= 0.3 is 39.5 Å². The third-order valence-electron chi connectivity index (χ3n) is 19.0. The summed E-state index contributed by atoms with van der Waals surface area (Å²) in [6.45, 7) is 7.25. The summed E-state index contributed by atoms with van der Waals surface area (Å²) in [5, 5.41) is 10.6. The number of aliphatic hydroxyl groups is 1. The zero-order valence-electron chi connectivity index (χ0n) is 65.3. The highest BCUT2D eigenvalue weighted by Crippen LogP contribution is 2.45. The molecule has 0 amide bonds. The normalized spacial score (nSPS) is 13.8. The number of carbonyl (C=O) groups is 4. The van der Waals surface area contributed by atoms with Gasteiger partial charge in [0, 0.05) is 25.7 Å². The van der Waals surface area contributed by atoms with E-state index in [9.17, 15) is 43.2 Å². The van der Waals surface area contributed by atoms with Crippen molar-refractivity contribution >= 4 is 39.5 Å². The number of ether oxygens (including phenoxy) is 4. The molecular weight excluding hydrogens is 1310 g/mol. The number of unbranched alkanes of at least 4 members (excludes halogenated alkanes) is 53. The van der Waals surface area contributed by atoms with Crippen molar-refractivity contribution in [3.05, 3.63) is 0 Å². The average Bonchev–Trinajstić information content (AvgIpc) is 0.918. The molecule has 0 aromatic heterocycles. The zero-order chi connectivity index (χ0) is 73.4. The fraction of sp³-hybridized carbons (Fsp3) is 0.951. The Bertz CT molecular complexity index is 1910. The lowest BCUT2D eigenvalue weighted by Crippen LogP contribution is -2.30. The first kappa shape index (κ1) is 98.1. The van der Waals surface area contributed by atoms with Crippen LogP contribution in [0.1, 0.15) is 433 Å². The van der Waals surface area contributed by atoms with Crippen LogP contribution in [-0.4, -0.2) is 96.7 Å². The van der Waals surface area contributed by atoms with Crippen LogP contribution in [0.4, 0.5) is 0 Å². The summed E-state index contributed by atoms with van der Waals surface area (Å²) in [5.41, 5.74) is 0. The number of rotatable bonds is 81. The van der Waals surface area contributed by atoms with Crippen LogP contribution >= 0.6 is 15.6 Å². The fourth-order valence-corrected chi connectivity index (χ4v) is 14.2. The molecule has 5 atom stereocenters. The van der Waals surface area contributed by atoms with E-state index in [-0.39, 0.29) is 25.7 Å². The van der Waals surface area contributed by atoms with E-state index in [4.69, 9.17) is 37.0 Å². The zero-order valence-corrected chi connectivity index (χ0v) is 67.1. The van der Waals surface area contributed by atoms with Gasteiger partial charge in [-0.25, -0.2) is 9.13 Å². The number of carbonyl (C=O) groups excluding carboxylic acids is 4. The van der Waals surface area contributed by atoms with E-state index in [2.05, 4.69) is 34.6 Å². The fourth-order valence-electron chi connectivity index (χ4n) is 12.6. The molecule has 0 bridgehead atoms. The van der Waals surface area contributed by atoms with E-state index in [1.54, 1.807) is 0 Å². The van der Waals surface area contributed by atoms with Crippen LogP contribution in [0.3, 0.4) is 0 Å². The lowest BCUT2D eigenvalue weighted by molar-refractivity contribution is -0.161. The van der Waals surface area contributed by atoms with E-state index in [0.29, 0.717) is 25.7 Å². The quantitative estimate of drug-likeness (QED) is 0.0222. The number of hydrogen-bond acceptors (Lipinski definition) is 15. The Balaban J connectivity index is 5.11. The Labute approximate surface area is 613 Å². The van der Waals surface area contributed by atoms with Gasteiger partial charge in [0.15, 0.2) is 12.2 Å². The molecule has 0 saturated heterocycles. The monoisotopic (exact) mass is 1470 g/mol. The second-order valence-electron chi connectivity index (χ2n) is 29.6. The van der Waals surface area contributed by atoms with Gasteiger partial charge in [-0.2, -0.15) is 0 Å². The van der Waals surface area contributed by atoms with Crippen molar-refractivity contribution in [2.75, 3.05) is 39.6 Å². The second kappa shape index (κ2) is 73.9. The number of phosphoric ester groups is 2. The predicted molar refractivity (Wildman–Crippen MR) is 409 cm³/mol. The molecule has 0 heterocycles. The molecule has 0 radical (unpaired) electrons. The van der Waals surface area contributed by atoms with Crippen LogP contribution < -0.4 is 0 Å². The Morgan fingerprint density at radius 3 is 0.680 bits per heavy atom. The van der Waals surface area contributed by atoms with Crippen LogP contribution in [-0.2, 0) is 65.4 Å². The standard InChI is InChI=1S/C81H158O17P2/c1-6-9-12-15-17-19-21-23-25-27-29-30-31-33-35-39-43-47-51-56-61-67-81(86)98-77(71-92-79(84)65-60-55-50-46-42-38-34-32-28-26-24-22-20-18-16-13-10-7-2)73-96-100(89,90)94-69-75(82)68-93-99(87,88)95-72-76(70-91-78(83)64-59-53-14-11-8-3)97-80(85)66-62-57-52-48-44-40-36-37-41-45-49-54-58-63-74(4)5/h74-77,82H,6-73H2,1-5H3,(H,87,88)(H,89,90)/t75-,76+,77+/m0/s1. The number of phosphoric acid groups is 2. The Kier molecular flexibility index (Phi) is 72.5. The highest BCUT2D eigenvalue weighted by atomic mass is 31.2. The topological polar surface area (TPSA) is 237 Å². The molecule has 0 rings (SSSR count). The summed E-state index contributed by atoms with van der Waals surface area (Å²) in [4.78, 5) is 72.7. The average molecular weight is 1470 g/mol. The highest BCUT2D eigenvalue weighted by Gasteiger charge is 2.30. The van der Waals surface area contributed by atoms with Crippen molar-refractivity contribution < 1.29 is 80.2 Å². The summed E-state index contributed by atoms with van der Waals surface area (Å²) in [7, 11) is -9.91. The lowest BCUT2D eigenvalue weighted by Gasteiger charge is -2.21. The maximum absolute atomic E-state index is 13.1.